The number of rotatable bonds is 4. The van der Waals surface area contributed by atoms with E-state index in [1.54, 1.807) is 0 Å². The van der Waals surface area contributed by atoms with Crippen molar-refractivity contribution < 1.29 is 10.3 Å². The monoisotopic (exact) mass is 274 g/mol. The van der Waals surface area contributed by atoms with Gasteiger partial charge in [-0.25, -0.2) is 0 Å². The molecule has 0 rings (SSSR count). The Labute approximate surface area is 106 Å². The maximum absolute atomic E-state index is 8.72. The lowest BCUT2D eigenvalue weighted by atomic mass is 10.3. The summed E-state index contributed by atoms with van der Waals surface area (Å²) in [5.41, 5.74) is 10.6. The van der Waals surface area contributed by atoms with Crippen LogP contribution in [-0.4, -0.2) is 30.0 Å². The Morgan fingerprint density at radius 1 is 1.44 bits per heavy atom. The highest BCUT2D eigenvalue weighted by molar-refractivity contribution is 6.76. The first-order chi connectivity index (χ1) is 8.08. The van der Waals surface area contributed by atoms with Crippen LogP contribution in [0.5, 0.6) is 0 Å². The molecular formula is C8H18N6O3Si. The van der Waals surface area contributed by atoms with Crippen LogP contribution in [0.4, 0.5) is 0 Å². The zero-order valence-corrected chi connectivity index (χ0v) is 11.6. The molecule has 0 aliphatic carbocycles. The molecule has 0 aliphatic rings. The molecular weight excluding hydrogens is 256 g/mol. The number of nitriles is 1. The molecule has 0 spiro atoms. The molecule has 102 valence electrons. The molecule has 10 heteroatoms. The average Bonchev–Trinajstić information content (AvgIpc) is 2.15. The zero-order chi connectivity index (χ0) is 14.8. The van der Waals surface area contributed by atoms with Gasteiger partial charge in [-0.1, -0.05) is 25.7 Å². The highest BCUT2D eigenvalue weighted by atomic mass is 28.3. The smallest absolute Gasteiger partial charge is 0.291 e. The minimum absolute atomic E-state index is 0.120. The molecule has 18 heavy (non-hydrogen) atoms. The first-order valence-electron chi connectivity index (χ1n) is 4.97. The molecule has 0 aromatic rings. The second kappa shape index (κ2) is 8.94. The van der Waals surface area contributed by atoms with Crippen molar-refractivity contribution in [3.8, 4) is 6.07 Å². The van der Waals surface area contributed by atoms with Crippen LogP contribution in [0.2, 0.25) is 25.7 Å². The van der Waals surface area contributed by atoms with Crippen LogP contribution in [0.15, 0.2) is 10.2 Å². The largest absolute Gasteiger partial charge is 0.369 e. The summed E-state index contributed by atoms with van der Waals surface area (Å²) in [4.78, 5) is 8.36. The molecule has 0 radical (unpaired) electrons. The van der Waals surface area contributed by atoms with E-state index in [-0.39, 0.29) is 5.96 Å². The molecule has 0 heterocycles. The van der Waals surface area contributed by atoms with Gasteiger partial charge in [0, 0.05) is 8.07 Å². The predicted molar refractivity (Wildman–Crippen MR) is 70.4 cm³/mol. The van der Waals surface area contributed by atoms with E-state index >= 15 is 0 Å². The van der Waals surface area contributed by atoms with Crippen LogP contribution in [0.3, 0.4) is 0 Å². The third kappa shape index (κ3) is 19.4. The second-order valence-electron chi connectivity index (χ2n) is 4.48. The Kier molecular flexibility index (Phi) is 9.05. The van der Waals surface area contributed by atoms with Gasteiger partial charge in [-0.2, -0.15) is 5.26 Å². The first kappa shape index (κ1) is 18.2. The van der Waals surface area contributed by atoms with Crippen molar-refractivity contribution in [2.24, 2.45) is 21.7 Å². The molecule has 5 N–H and O–H groups in total. The van der Waals surface area contributed by atoms with E-state index in [4.69, 9.17) is 32.1 Å². The van der Waals surface area contributed by atoms with Crippen LogP contribution in [0.25, 0.3) is 0 Å². The SMILES string of the molecule is C[Si](C)(C)CC/C(C#N)=N/N=C(N)N.O=[N+]([O-])O. The molecule has 0 unspecified atom stereocenters. The van der Waals surface area contributed by atoms with E-state index in [2.05, 4.69) is 29.8 Å². The Balaban J connectivity index is 0. The molecule has 0 amide bonds. The molecule has 0 bridgehead atoms. The van der Waals surface area contributed by atoms with Gasteiger partial charge in [-0.05, 0) is 6.42 Å². The van der Waals surface area contributed by atoms with Crippen molar-refractivity contribution in [1.82, 2.24) is 0 Å². The van der Waals surface area contributed by atoms with Gasteiger partial charge in [0.25, 0.3) is 5.09 Å². The second-order valence-corrected chi connectivity index (χ2v) is 10.1. The predicted octanol–water partition coefficient (Wildman–Crippen LogP) is 0.520. The highest BCUT2D eigenvalue weighted by Gasteiger charge is 2.13. The summed E-state index contributed by atoms with van der Waals surface area (Å²) in [6.45, 7) is 6.72. The van der Waals surface area contributed by atoms with Gasteiger partial charge in [0.15, 0.2) is 0 Å². The van der Waals surface area contributed by atoms with E-state index < -0.39 is 13.2 Å². The lowest BCUT2D eigenvalue weighted by molar-refractivity contribution is -0.742. The van der Waals surface area contributed by atoms with Gasteiger partial charge in [-0.15, -0.1) is 20.3 Å². The Morgan fingerprint density at radius 3 is 2.17 bits per heavy atom. The Bertz CT molecular complexity index is 360. The Morgan fingerprint density at radius 2 is 1.89 bits per heavy atom. The summed E-state index contributed by atoms with van der Waals surface area (Å²) in [5.74, 6) is -0.120. The van der Waals surface area contributed by atoms with E-state index in [0.717, 1.165) is 6.04 Å². The minimum atomic E-state index is -1.50. The van der Waals surface area contributed by atoms with Crippen LogP contribution >= 0.6 is 0 Å². The summed E-state index contributed by atoms with van der Waals surface area (Å²) < 4.78 is 0. The van der Waals surface area contributed by atoms with E-state index in [1.807, 2.05) is 6.07 Å². The van der Waals surface area contributed by atoms with Crippen LogP contribution < -0.4 is 11.5 Å². The summed E-state index contributed by atoms with van der Waals surface area (Å²) in [6, 6.07) is 3.00. The topological polar surface area (TPSA) is 164 Å². The van der Waals surface area contributed by atoms with Crippen molar-refractivity contribution in [3.05, 3.63) is 10.1 Å². The first-order valence-corrected chi connectivity index (χ1v) is 8.68. The van der Waals surface area contributed by atoms with Gasteiger partial charge in [0.05, 0.1) is 0 Å². The third-order valence-corrected chi connectivity index (χ3v) is 3.28. The van der Waals surface area contributed by atoms with Crippen LogP contribution in [0.1, 0.15) is 6.42 Å². The lowest BCUT2D eigenvalue weighted by Gasteiger charge is -2.13. The summed E-state index contributed by atoms with van der Waals surface area (Å²) in [7, 11) is -1.14. The normalized spacial score (nSPS) is 10.7. The summed E-state index contributed by atoms with van der Waals surface area (Å²) >= 11 is 0. The van der Waals surface area contributed by atoms with Gasteiger partial charge in [-0.3, -0.25) is 0 Å². The Hall–Kier alpha value is -2.15. The van der Waals surface area contributed by atoms with Crippen molar-refractivity contribution in [3.63, 3.8) is 0 Å². The molecule has 0 aliphatic heterocycles. The fourth-order valence-corrected chi connectivity index (χ4v) is 1.73. The summed E-state index contributed by atoms with van der Waals surface area (Å²) in [5, 5.41) is 29.5. The minimum Gasteiger partial charge on any atom is -0.369 e. The van der Waals surface area contributed by atoms with Gasteiger partial charge in [0.2, 0.25) is 5.96 Å². The quantitative estimate of drug-likeness (QED) is 0.222. The van der Waals surface area contributed by atoms with Crippen molar-refractivity contribution in [1.29, 1.82) is 5.26 Å². The molecule has 0 fully saturated rings. The average molecular weight is 274 g/mol. The highest BCUT2D eigenvalue weighted by Crippen LogP contribution is 2.11. The van der Waals surface area contributed by atoms with Crippen LogP contribution in [-0.2, 0) is 0 Å². The van der Waals surface area contributed by atoms with E-state index in [0.29, 0.717) is 12.1 Å². The molecule has 0 saturated heterocycles. The lowest BCUT2D eigenvalue weighted by Crippen LogP contribution is -2.22. The molecule has 0 saturated carbocycles. The molecule has 9 nitrogen and oxygen atoms in total. The zero-order valence-electron chi connectivity index (χ0n) is 10.6. The summed E-state index contributed by atoms with van der Waals surface area (Å²) in [6.07, 6.45) is 0.656. The fourth-order valence-electron chi connectivity index (χ4n) is 0.740. The maximum Gasteiger partial charge on any atom is 0.291 e. The van der Waals surface area contributed by atoms with Crippen LogP contribution in [0, 0.1) is 21.4 Å². The van der Waals surface area contributed by atoms with Crippen molar-refractivity contribution in [2.75, 3.05) is 0 Å². The number of hydrogen-bond donors (Lipinski definition) is 3. The third-order valence-electron chi connectivity index (χ3n) is 1.53. The number of nitrogens with two attached hydrogens (primary N) is 2. The molecule has 0 aromatic heterocycles. The molecule has 0 aromatic carbocycles. The van der Waals surface area contributed by atoms with E-state index in [1.165, 1.54) is 0 Å². The standard InChI is InChI=1S/C8H17N5Si.HNO3/c1-14(2,3)5-4-7(6-9)12-13-8(10)11;2-1(3)4/h4-5H2,1-3H3,(H4,10,11,13);(H,2,3,4)/b12-7-;. The van der Waals surface area contributed by atoms with Gasteiger partial charge in [0.1, 0.15) is 11.8 Å². The van der Waals surface area contributed by atoms with Gasteiger partial charge >= 0.3 is 0 Å². The number of guanidine groups is 1. The van der Waals surface area contributed by atoms with Crippen molar-refractivity contribution in [2.45, 2.75) is 32.1 Å². The molecule has 0 atom stereocenters. The van der Waals surface area contributed by atoms with Crippen molar-refractivity contribution >= 4 is 19.7 Å². The number of hydrogen-bond acceptors (Lipinski definition) is 5. The van der Waals surface area contributed by atoms with Gasteiger partial charge < -0.3 is 16.7 Å². The van der Waals surface area contributed by atoms with E-state index in [9.17, 15) is 0 Å². The fraction of sp³-hybridized carbons (Fsp3) is 0.625. The maximum atomic E-state index is 8.72. The number of nitrogens with zero attached hydrogens (tertiary/aromatic N) is 4.